The fourth-order valence-electron chi connectivity index (χ4n) is 3.45. The van der Waals surface area contributed by atoms with Crippen LogP contribution in [0.2, 0.25) is 0 Å². The number of carbonyl (C=O) groups excluding carboxylic acids is 3. The number of thioether (sulfide) groups is 1. The van der Waals surface area contributed by atoms with Gasteiger partial charge in [-0.25, -0.2) is 0 Å². The summed E-state index contributed by atoms with van der Waals surface area (Å²) >= 11 is 0.817. The van der Waals surface area contributed by atoms with E-state index >= 15 is 0 Å². The molecule has 0 aromatic heterocycles. The minimum Gasteiger partial charge on any atom is -0.488 e. The first-order valence-electron chi connectivity index (χ1n) is 10.8. The highest BCUT2D eigenvalue weighted by atomic mass is 32.2. The molecule has 6 nitrogen and oxygen atoms in total. The van der Waals surface area contributed by atoms with Crippen molar-refractivity contribution in [1.82, 2.24) is 4.90 Å². The van der Waals surface area contributed by atoms with Gasteiger partial charge in [0.2, 0.25) is 5.91 Å². The molecule has 34 heavy (non-hydrogen) atoms. The summed E-state index contributed by atoms with van der Waals surface area (Å²) in [5.41, 5.74) is 4.27. The van der Waals surface area contributed by atoms with Crippen molar-refractivity contribution in [3.63, 3.8) is 0 Å². The first-order valence-corrected chi connectivity index (χ1v) is 11.6. The number of hydrogen-bond acceptors (Lipinski definition) is 5. The van der Waals surface area contributed by atoms with E-state index in [1.165, 1.54) is 0 Å². The van der Waals surface area contributed by atoms with E-state index in [1.807, 2.05) is 86.6 Å². The van der Waals surface area contributed by atoms with Gasteiger partial charge in [0.15, 0.2) is 0 Å². The Morgan fingerprint density at radius 1 is 1.00 bits per heavy atom. The molecule has 7 heteroatoms. The van der Waals surface area contributed by atoms with Crippen LogP contribution in [0.3, 0.4) is 0 Å². The van der Waals surface area contributed by atoms with E-state index in [1.54, 1.807) is 6.08 Å². The third kappa shape index (κ3) is 5.55. The van der Waals surface area contributed by atoms with Crippen molar-refractivity contribution < 1.29 is 19.1 Å². The van der Waals surface area contributed by atoms with Gasteiger partial charge in [-0.2, -0.15) is 0 Å². The lowest BCUT2D eigenvalue weighted by Gasteiger charge is -2.14. The number of ether oxygens (including phenoxy) is 1. The number of hydrogen-bond donors (Lipinski definition) is 1. The van der Waals surface area contributed by atoms with Crippen molar-refractivity contribution >= 4 is 40.6 Å². The quantitative estimate of drug-likeness (QED) is 0.456. The molecule has 0 radical (unpaired) electrons. The molecule has 4 rings (SSSR count). The zero-order valence-corrected chi connectivity index (χ0v) is 19.7. The Hall–Kier alpha value is -3.84. The predicted molar refractivity (Wildman–Crippen MR) is 134 cm³/mol. The van der Waals surface area contributed by atoms with Gasteiger partial charge in [0.05, 0.1) is 4.91 Å². The first-order chi connectivity index (χ1) is 16.4. The highest BCUT2D eigenvalue weighted by molar-refractivity contribution is 8.18. The third-order valence-corrected chi connectivity index (χ3v) is 6.19. The summed E-state index contributed by atoms with van der Waals surface area (Å²) in [6.45, 7) is 3.85. The van der Waals surface area contributed by atoms with Gasteiger partial charge >= 0.3 is 0 Å². The number of nitrogens with one attached hydrogen (secondary N) is 1. The van der Waals surface area contributed by atoms with Crippen LogP contribution >= 0.6 is 11.8 Å². The summed E-state index contributed by atoms with van der Waals surface area (Å²) in [5, 5.41) is 2.31. The lowest BCUT2D eigenvalue weighted by molar-refractivity contribution is -0.127. The second-order valence-electron chi connectivity index (χ2n) is 7.95. The number of carbonyl (C=O) groups is 3. The van der Waals surface area contributed by atoms with Crippen LogP contribution in [0.25, 0.3) is 6.08 Å². The molecule has 1 aliphatic heterocycles. The maximum Gasteiger partial charge on any atom is 0.294 e. The zero-order valence-electron chi connectivity index (χ0n) is 18.9. The minimum atomic E-state index is -0.496. The van der Waals surface area contributed by atoms with Crippen LogP contribution in [-0.4, -0.2) is 28.5 Å². The number of amides is 3. The van der Waals surface area contributed by atoms with Crippen molar-refractivity contribution in [3.05, 3.63) is 100.0 Å². The molecule has 1 heterocycles. The van der Waals surface area contributed by atoms with Crippen LogP contribution in [0.1, 0.15) is 22.3 Å². The van der Waals surface area contributed by atoms with E-state index < -0.39 is 17.1 Å². The Morgan fingerprint density at radius 3 is 2.53 bits per heavy atom. The van der Waals surface area contributed by atoms with Crippen LogP contribution in [0, 0.1) is 13.8 Å². The number of benzene rings is 3. The largest absolute Gasteiger partial charge is 0.488 e. The summed E-state index contributed by atoms with van der Waals surface area (Å²) in [5.74, 6) is -0.321. The first kappa shape index (κ1) is 23.3. The maximum absolute atomic E-state index is 12.9. The van der Waals surface area contributed by atoms with Crippen LogP contribution in [0.4, 0.5) is 10.5 Å². The second kappa shape index (κ2) is 10.4. The van der Waals surface area contributed by atoms with Crippen molar-refractivity contribution in [2.45, 2.75) is 20.5 Å². The van der Waals surface area contributed by atoms with Crippen molar-refractivity contribution in [3.8, 4) is 5.75 Å². The highest BCUT2D eigenvalue weighted by Crippen LogP contribution is 2.34. The number of para-hydroxylation sites is 1. The molecular formula is C27H24N2O4S. The van der Waals surface area contributed by atoms with Crippen LogP contribution in [0.15, 0.2) is 77.7 Å². The van der Waals surface area contributed by atoms with Gasteiger partial charge in [0, 0.05) is 11.3 Å². The van der Waals surface area contributed by atoms with E-state index in [-0.39, 0.29) is 11.4 Å². The van der Waals surface area contributed by atoms with Crippen molar-refractivity contribution in [2.75, 3.05) is 11.9 Å². The van der Waals surface area contributed by atoms with Crippen molar-refractivity contribution in [1.29, 1.82) is 0 Å². The van der Waals surface area contributed by atoms with Gasteiger partial charge in [-0.1, -0.05) is 60.7 Å². The van der Waals surface area contributed by atoms with Gasteiger partial charge in [0.1, 0.15) is 18.9 Å². The molecule has 0 spiro atoms. The van der Waals surface area contributed by atoms with Gasteiger partial charge in [-0.3, -0.25) is 19.3 Å². The Kier molecular flexibility index (Phi) is 7.13. The number of anilines is 1. The number of nitrogens with zero attached hydrogens (tertiary/aromatic N) is 1. The topological polar surface area (TPSA) is 75.7 Å². The van der Waals surface area contributed by atoms with E-state index in [9.17, 15) is 14.4 Å². The fourth-order valence-corrected chi connectivity index (χ4v) is 4.28. The number of aryl methyl sites for hydroxylation is 2. The molecule has 172 valence electrons. The van der Waals surface area contributed by atoms with E-state index in [4.69, 9.17) is 4.74 Å². The molecule has 3 aromatic carbocycles. The molecule has 0 bridgehead atoms. The molecule has 0 atom stereocenters. The maximum atomic E-state index is 12.9. The lowest BCUT2D eigenvalue weighted by Crippen LogP contribution is -2.36. The summed E-state index contributed by atoms with van der Waals surface area (Å²) in [4.78, 5) is 39.2. The monoisotopic (exact) mass is 472 g/mol. The molecule has 0 unspecified atom stereocenters. The molecule has 1 aliphatic rings. The fraction of sp³-hybridized carbons (Fsp3) is 0.148. The predicted octanol–water partition coefficient (Wildman–Crippen LogP) is 5.56. The summed E-state index contributed by atoms with van der Waals surface area (Å²) < 4.78 is 5.95. The normalized spacial score (nSPS) is 14.5. The number of rotatable bonds is 7. The van der Waals surface area contributed by atoms with Gasteiger partial charge < -0.3 is 10.1 Å². The van der Waals surface area contributed by atoms with E-state index in [2.05, 4.69) is 5.32 Å². The smallest absolute Gasteiger partial charge is 0.294 e. The van der Waals surface area contributed by atoms with E-state index in [0.717, 1.165) is 33.4 Å². The summed E-state index contributed by atoms with van der Waals surface area (Å²) in [7, 11) is 0. The second-order valence-corrected chi connectivity index (χ2v) is 8.94. The Balaban J connectivity index is 1.46. The minimum absolute atomic E-state index is 0.250. The summed E-state index contributed by atoms with van der Waals surface area (Å²) in [6.07, 6.45) is 1.63. The molecule has 1 saturated heterocycles. The molecular weight excluding hydrogens is 448 g/mol. The standard InChI is InChI=1S/C27H24N2O4S/c1-18-12-13-19(2)22(14-18)28-25(30)16-29-26(31)24(34-27(29)32)15-21-10-6-7-11-23(21)33-17-20-8-4-3-5-9-20/h3-15H,16-17H2,1-2H3,(H,28,30)/b24-15+. The Bertz CT molecular complexity index is 1270. The average molecular weight is 473 g/mol. The lowest BCUT2D eigenvalue weighted by atomic mass is 10.1. The Labute approximate surface area is 202 Å². The zero-order chi connectivity index (χ0) is 24.1. The highest BCUT2D eigenvalue weighted by Gasteiger charge is 2.36. The molecule has 3 aromatic rings. The molecule has 3 amide bonds. The Morgan fingerprint density at radius 2 is 1.74 bits per heavy atom. The van der Waals surface area contributed by atoms with Gasteiger partial charge in [-0.15, -0.1) is 0 Å². The molecule has 0 aliphatic carbocycles. The SMILES string of the molecule is Cc1ccc(C)c(NC(=O)CN2C(=O)S/C(=C/c3ccccc3OCc3ccccc3)C2=O)c1. The van der Waals surface area contributed by atoms with E-state index in [0.29, 0.717) is 23.6 Å². The number of imide groups is 1. The van der Waals surface area contributed by atoms with Gasteiger partial charge in [-0.05, 0) is 60.5 Å². The molecule has 1 fully saturated rings. The van der Waals surface area contributed by atoms with Gasteiger partial charge in [0.25, 0.3) is 11.1 Å². The van der Waals surface area contributed by atoms with Crippen LogP contribution in [0.5, 0.6) is 5.75 Å². The molecule has 1 N–H and O–H groups in total. The summed E-state index contributed by atoms with van der Waals surface area (Å²) in [6, 6.07) is 22.8. The van der Waals surface area contributed by atoms with Crippen molar-refractivity contribution in [2.24, 2.45) is 0 Å². The molecule has 0 saturated carbocycles. The third-order valence-electron chi connectivity index (χ3n) is 5.29. The van der Waals surface area contributed by atoms with Crippen LogP contribution < -0.4 is 10.1 Å². The average Bonchev–Trinajstić information content (AvgIpc) is 3.09. The van der Waals surface area contributed by atoms with Crippen LogP contribution in [-0.2, 0) is 16.2 Å².